The monoisotopic (exact) mass is 437 g/mol. The number of thioether (sulfide) groups is 1. The van der Waals surface area contributed by atoms with E-state index < -0.39 is 24.1 Å². The topological polar surface area (TPSA) is 137 Å². The van der Waals surface area contributed by atoms with Crippen LogP contribution in [0.1, 0.15) is 32.6 Å². The van der Waals surface area contributed by atoms with Crippen molar-refractivity contribution in [1.29, 1.82) is 0 Å². The van der Waals surface area contributed by atoms with Gasteiger partial charge in [0, 0.05) is 11.4 Å². The number of allylic oxidation sites excluding steroid dienone is 1. The van der Waals surface area contributed by atoms with Gasteiger partial charge in [-0.1, -0.05) is 19.1 Å². The fourth-order valence-corrected chi connectivity index (χ4v) is 5.07. The van der Waals surface area contributed by atoms with Crippen LogP contribution in [0.3, 0.4) is 0 Å². The van der Waals surface area contributed by atoms with Crippen molar-refractivity contribution in [1.82, 2.24) is 25.1 Å². The van der Waals surface area contributed by atoms with Gasteiger partial charge in [-0.15, -0.1) is 16.9 Å². The zero-order chi connectivity index (χ0) is 21.7. The van der Waals surface area contributed by atoms with Gasteiger partial charge in [-0.3, -0.25) is 9.69 Å². The normalized spacial score (nSPS) is 21.1. The Kier molecular flexibility index (Phi) is 7.08. The van der Waals surface area contributed by atoms with Crippen molar-refractivity contribution >= 4 is 29.8 Å². The second-order valence-corrected chi connectivity index (χ2v) is 8.09. The standard InChI is InChI=1S/C18H23N5O6S/c1-3-9-28-18(27)29-11(2)13-15(24)23-14(17(25)26)12(30-16(13)23)7-5-4-6-8-22-10-19-20-21-22/h3,10-11,13,16H,1,4-9H2,2H3,(H,25,26)/t11-,13+,16-/m1/s1. The first-order valence-electron chi connectivity index (χ1n) is 9.55. The summed E-state index contributed by atoms with van der Waals surface area (Å²) in [5.74, 6) is -2.10. The summed E-state index contributed by atoms with van der Waals surface area (Å²) in [5, 5.41) is 20.2. The van der Waals surface area contributed by atoms with Gasteiger partial charge in [0.2, 0.25) is 5.91 Å². The van der Waals surface area contributed by atoms with E-state index in [0.717, 1.165) is 19.3 Å². The zero-order valence-corrected chi connectivity index (χ0v) is 17.3. The summed E-state index contributed by atoms with van der Waals surface area (Å²) in [6.07, 6.45) is 4.41. The number of ether oxygens (including phenoxy) is 2. The van der Waals surface area contributed by atoms with Crippen LogP contribution in [0.25, 0.3) is 0 Å². The zero-order valence-electron chi connectivity index (χ0n) is 16.5. The molecule has 2 aliphatic rings. The van der Waals surface area contributed by atoms with Gasteiger partial charge in [-0.25, -0.2) is 14.3 Å². The molecule has 11 nitrogen and oxygen atoms in total. The molecule has 1 saturated heterocycles. The van der Waals surface area contributed by atoms with E-state index in [0.29, 0.717) is 17.9 Å². The van der Waals surface area contributed by atoms with Crippen LogP contribution >= 0.6 is 11.8 Å². The SMILES string of the molecule is C=CCOC(=O)O[C@H](C)[C@H]1C(=O)N2C(C(=O)O)=C(CCCCCn3cnnn3)S[C@H]12. The van der Waals surface area contributed by atoms with Crippen molar-refractivity contribution in [2.24, 2.45) is 5.92 Å². The Morgan fingerprint density at radius 2 is 2.20 bits per heavy atom. The van der Waals surface area contributed by atoms with E-state index in [9.17, 15) is 19.5 Å². The largest absolute Gasteiger partial charge is 0.508 e. The number of fused-ring (bicyclic) bond motifs is 1. The van der Waals surface area contributed by atoms with Crippen LogP contribution in [0.5, 0.6) is 0 Å². The molecular weight excluding hydrogens is 414 g/mol. The Hall–Kier alpha value is -2.89. The number of carboxylic acid groups (broad SMARTS) is 1. The molecule has 162 valence electrons. The number of carboxylic acids is 1. The molecule has 0 spiro atoms. The summed E-state index contributed by atoms with van der Waals surface area (Å²) in [4.78, 5) is 38.0. The van der Waals surface area contributed by atoms with Crippen molar-refractivity contribution in [3.63, 3.8) is 0 Å². The number of nitrogens with zero attached hydrogens (tertiary/aromatic N) is 5. The summed E-state index contributed by atoms with van der Waals surface area (Å²) in [6, 6.07) is 0. The number of unbranched alkanes of at least 4 members (excludes halogenated alkanes) is 2. The Balaban J connectivity index is 1.53. The van der Waals surface area contributed by atoms with Crippen LogP contribution in [0, 0.1) is 5.92 Å². The lowest BCUT2D eigenvalue weighted by atomic mass is 9.92. The van der Waals surface area contributed by atoms with Crippen molar-refractivity contribution in [2.45, 2.75) is 50.6 Å². The van der Waals surface area contributed by atoms with E-state index in [1.807, 2.05) is 0 Å². The van der Waals surface area contributed by atoms with E-state index >= 15 is 0 Å². The number of aryl methyl sites for hydroxylation is 1. The molecule has 0 unspecified atom stereocenters. The van der Waals surface area contributed by atoms with Crippen LogP contribution in [0.4, 0.5) is 4.79 Å². The molecule has 3 rings (SSSR count). The molecule has 3 heterocycles. The molecule has 0 radical (unpaired) electrons. The van der Waals surface area contributed by atoms with Crippen LogP contribution in [-0.2, 0) is 25.6 Å². The van der Waals surface area contributed by atoms with E-state index in [-0.39, 0.29) is 23.6 Å². The first-order valence-corrected chi connectivity index (χ1v) is 10.4. The highest BCUT2D eigenvalue weighted by Crippen LogP contribution is 2.52. The number of amides is 1. The molecule has 1 amide bonds. The van der Waals surface area contributed by atoms with Crippen LogP contribution in [-0.4, -0.2) is 66.3 Å². The third kappa shape index (κ3) is 4.64. The van der Waals surface area contributed by atoms with Crippen LogP contribution in [0.2, 0.25) is 0 Å². The lowest BCUT2D eigenvalue weighted by Crippen LogP contribution is -2.61. The first kappa shape index (κ1) is 21.8. The average molecular weight is 437 g/mol. The Bertz CT molecular complexity index is 842. The quantitative estimate of drug-likeness (QED) is 0.236. The molecule has 1 aromatic heterocycles. The summed E-state index contributed by atoms with van der Waals surface area (Å²) in [5.41, 5.74) is 0.0353. The van der Waals surface area contributed by atoms with E-state index in [1.54, 1.807) is 17.9 Å². The molecule has 30 heavy (non-hydrogen) atoms. The number of aliphatic carboxylic acids is 1. The predicted molar refractivity (Wildman–Crippen MR) is 105 cm³/mol. The minimum absolute atomic E-state index is 0.0107. The van der Waals surface area contributed by atoms with Crippen LogP contribution < -0.4 is 0 Å². The molecule has 1 aromatic rings. The summed E-state index contributed by atoms with van der Waals surface area (Å²) >= 11 is 1.36. The summed E-state index contributed by atoms with van der Waals surface area (Å²) < 4.78 is 11.6. The fraction of sp³-hybridized carbons (Fsp3) is 0.556. The number of hydrogen-bond acceptors (Lipinski definition) is 9. The minimum atomic E-state index is -1.13. The van der Waals surface area contributed by atoms with E-state index in [4.69, 9.17) is 9.47 Å². The average Bonchev–Trinajstić information content (AvgIpc) is 3.32. The number of carbonyl (C=O) groups is 3. The van der Waals surface area contributed by atoms with Crippen molar-refractivity contribution in [3.05, 3.63) is 29.6 Å². The molecule has 1 fully saturated rings. The number of aromatic nitrogens is 4. The molecule has 0 aliphatic carbocycles. The Morgan fingerprint density at radius 1 is 1.40 bits per heavy atom. The second-order valence-electron chi connectivity index (χ2n) is 6.88. The van der Waals surface area contributed by atoms with Crippen molar-refractivity contribution in [3.8, 4) is 0 Å². The van der Waals surface area contributed by atoms with Crippen molar-refractivity contribution < 1.29 is 29.0 Å². The van der Waals surface area contributed by atoms with Gasteiger partial charge in [0.1, 0.15) is 36.0 Å². The van der Waals surface area contributed by atoms with Gasteiger partial charge in [0.05, 0.1) is 0 Å². The smallest absolute Gasteiger partial charge is 0.477 e. The number of tetrazole rings is 1. The highest BCUT2D eigenvalue weighted by molar-refractivity contribution is 8.04. The summed E-state index contributed by atoms with van der Waals surface area (Å²) in [7, 11) is 0. The highest BCUT2D eigenvalue weighted by atomic mass is 32.2. The number of hydrogen-bond donors (Lipinski definition) is 1. The predicted octanol–water partition coefficient (Wildman–Crippen LogP) is 1.79. The maximum atomic E-state index is 12.6. The lowest BCUT2D eigenvalue weighted by molar-refractivity contribution is -0.157. The molecule has 2 aliphatic heterocycles. The first-order chi connectivity index (χ1) is 14.4. The molecule has 0 saturated carbocycles. The molecule has 3 atom stereocenters. The third-order valence-electron chi connectivity index (χ3n) is 4.84. The van der Waals surface area contributed by atoms with Gasteiger partial charge in [-0.2, -0.15) is 0 Å². The van der Waals surface area contributed by atoms with Gasteiger partial charge >= 0.3 is 12.1 Å². The summed E-state index contributed by atoms with van der Waals surface area (Å²) in [6.45, 7) is 5.75. The second kappa shape index (κ2) is 9.74. The fourth-order valence-electron chi connectivity index (χ4n) is 3.42. The highest BCUT2D eigenvalue weighted by Gasteiger charge is 2.58. The van der Waals surface area contributed by atoms with Gasteiger partial charge in [-0.05, 0) is 36.6 Å². The van der Waals surface area contributed by atoms with Crippen molar-refractivity contribution in [2.75, 3.05) is 6.61 Å². The maximum Gasteiger partial charge on any atom is 0.508 e. The van der Waals surface area contributed by atoms with Gasteiger partial charge in [0.15, 0.2) is 0 Å². The number of rotatable bonds is 11. The molecule has 1 N–H and O–H groups in total. The van der Waals surface area contributed by atoms with E-state index in [1.165, 1.54) is 22.7 Å². The van der Waals surface area contributed by atoms with Crippen LogP contribution in [0.15, 0.2) is 29.6 Å². The molecule has 0 aromatic carbocycles. The van der Waals surface area contributed by atoms with E-state index in [2.05, 4.69) is 22.1 Å². The van der Waals surface area contributed by atoms with Gasteiger partial charge in [0.25, 0.3) is 0 Å². The molecule has 0 bridgehead atoms. The maximum absolute atomic E-state index is 12.6. The van der Waals surface area contributed by atoms with Gasteiger partial charge < -0.3 is 14.6 Å². The molecule has 12 heteroatoms. The number of carbonyl (C=O) groups excluding carboxylic acids is 2. The third-order valence-corrected chi connectivity index (χ3v) is 6.27. The lowest BCUT2D eigenvalue weighted by Gasteiger charge is -2.44. The Labute approximate surface area is 177 Å². The minimum Gasteiger partial charge on any atom is -0.477 e. The Morgan fingerprint density at radius 3 is 2.87 bits per heavy atom. The molecular formula is C18H23N5O6S. The number of β-lactam (4-membered cyclic amide) rings is 1.